The number of ether oxygens (including phenoxy) is 4. The summed E-state index contributed by atoms with van der Waals surface area (Å²) in [6.07, 6.45) is 35.2. The highest BCUT2D eigenvalue weighted by Crippen LogP contribution is 2.35. The highest BCUT2D eigenvalue weighted by Gasteiger charge is 2.45. The zero-order valence-electron chi connectivity index (χ0n) is 44.7. The molecule has 67 heavy (non-hydrogen) atoms. The fraction of sp³-hybridized carbons (Fsp3) is 0.929. The summed E-state index contributed by atoms with van der Waals surface area (Å²) in [5, 5.41) is 13.3. The van der Waals surface area contributed by atoms with Crippen LogP contribution in [0.1, 0.15) is 260 Å². The molecule has 0 aromatic rings. The van der Waals surface area contributed by atoms with E-state index in [9.17, 15) is 24.3 Å². The Bertz CT molecular complexity index is 1230. The molecule has 11 heteroatoms. The fourth-order valence-electron chi connectivity index (χ4n) is 9.38. The second kappa shape index (κ2) is 40.5. The van der Waals surface area contributed by atoms with Crippen LogP contribution in [0.3, 0.4) is 0 Å². The summed E-state index contributed by atoms with van der Waals surface area (Å²) in [4.78, 5) is 53.1. The molecule has 0 spiro atoms. The first-order valence-corrected chi connectivity index (χ1v) is 28.1. The van der Waals surface area contributed by atoms with Crippen LogP contribution in [0.4, 0.5) is 0 Å². The number of esters is 2. The highest BCUT2D eigenvalue weighted by atomic mass is 16.7. The number of hydrogen-bond donors (Lipinski definition) is 2. The third-order valence-corrected chi connectivity index (χ3v) is 13.8. The standard InChI is InChI=1S/C56H106N2O9/c1-8-11-14-17-20-21-22-27-35-45-64-50(59)39-32-28-34-43-58(44-46-65-51(60)40-41-57-53(61)52-55(4,5)47-66-56(6,7)67-52)42-33-26-25-31-38-49(54(62)63)48(36-29-23-18-15-12-9-2)37-30-24-19-16-13-10-3/h48-49,52H,8-47H2,1-7H3,(H,57,61)(H,62,63)/t49-,52?/m1/s1. The van der Waals surface area contributed by atoms with Crippen LogP contribution in [0.25, 0.3) is 0 Å². The molecule has 394 valence electrons. The lowest BCUT2D eigenvalue weighted by Crippen LogP contribution is -2.56. The Balaban J connectivity index is 2.62. The van der Waals surface area contributed by atoms with Gasteiger partial charge in [-0.05, 0) is 77.8 Å². The van der Waals surface area contributed by atoms with Gasteiger partial charge in [-0.3, -0.25) is 24.1 Å². The minimum Gasteiger partial charge on any atom is -0.481 e. The van der Waals surface area contributed by atoms with Gasteiger partial charge in [0.2, 0.25) is 5.91 Å². The summed E-state index contributed by atoms with van der Waals surface area (Å²) in [5.74, 6) is -2.17. The highest BCUT2D eigenvalue weighted by molar-refractivity contribution is 5.82. The Labute approximate surface area is 411 Å². The molecule has 1 rings (SSSR count). The predicted molar refractivity (Wildman–Crippen MR) is 274 cm³/mol. The van der Waals surface area contributed by atoms with Crippen LogP contribution < -0.4 is 5.32 Å². The quantitative estimate of drug-likeness (QED) is 0.0447. The minimum atomic E-state index is -0.854. The van der Waals surface area contributed by atoms with Gasteiger partial charge in [0.15, 0.2) is 5.79 Å². The van der Waals surface area contributed by atoms with E-state index in [1.54, 1.807) is 13.8 Å². The van der Waals surface area contributed by atoms with Gasteiger partial charge < -0.3 is 29.4 Å². The third kappa shape index (κ3) is 33.9. The van der Waals surface area contributed by atoms with Crippen molar-refractivity contribution < 1.29 is 43.2 Å². The maximum Gasteiger partial charge on any atom is 0.307 e. The number of rotatable bonds is 46. The second-order valence-electron chi connectivity index (χ2n) is 21.2. The molecule has 2 atom stereocenters. The van der Waals surface area contributed by atoms with Gasteiger partial charge >= 0.3 is 17.9 Å². The maximum absolute atomic E-state index is 13.0. The average molecular weight is 951 g/mol. The van der Waals surface area contributed by atoms with Crippen molar-refractivity contribution in [2.75, 3.05) is 46.0 Å². The molecule has 1 saturated heterocycles. The zero-order valence-corrected chi connectivity index (χ0v) is 44.7. The monoisotopic (exact) mass is 951 g/mol. The molecule has 1 unspecified atom stereocenters. The first-order chi connectivity index (χ1) is 32.3. The van der Waals surface area contributed by atoms with Gasteiger partial charge in [0.05, 0.1) is 25.6 Å². The van der Waals surface area contributed by atoms with Crippen LogP contribution in [0, 0.1) is 17.3 Å². The van der Waals surface area contributed by atoms with Gasteiger partial charge in [-0.25, -0.2) is 0 Å². The van der Waals surface area contributed by atoms with E-state index in [0.29, 0.717) is 26.2 Å². The number of carboxylic acid groups (broad SMARTS) is 1. The minimum absolute atomic E-state index is 0.0735. The van der Waals surface area contributed by atoms with E-state index in [-0.39, 0.29) is 49.3 Å². The van der Waals surface area contributed by atoms with Crippen molar-refractivity contribution in [1.29, 1.82) is 0 Å². The molecule has 1 fully saturated rings. The number of hydrogen-bond acceptors (Lipinski definition) is 9. The number of carbonyl (C=O) groups is 4. The second-order valence-corrected chi connectivity index (χ2v) is 21.2. The Morgan fingerprint density at radius 1 is 0.567 bits per heavy atom. The Morgan fingerprint density at radius 2 is 1.01 bits per heavy atom. The van der Waals surface area contributed by atoms with E-state index < -0.39 is 23.3 Å². The molecule has 2 N–H and O–H groups in total. The van der Waals surface area contributed by atoms with Crippen molar-refractivity contribution in [3.05, 3.63) is 0 Å². The molecular weight excluding hydrogens is 845 g/mol. The maximum atomic E-state index is 13.0. The summed E-state index contributed by atoms with van der Waals surface area (Å²) in [7, 11) is 0. The van der Waals surface area contributed by atoms with Crippen molar-refractivity contribution in [1.82, 2.24) is 10.2 Å². The van der Waals surface area contributed by atoms with Crippen LogP contribution in [-0.4, -0.2) is 91.7 Å². The van der Waals surface area contributed by atoms with Crippen molar-refractivity contribution in [2.24, 2.45) is 17.3 Å². The topological polar surface area (TPSA) is 141 Å². The van der Waals surface area contributed by atoms with E-state index >= 15 is 0 Å². The molecule has 1 aliphatic heterocycles. The molecule has 1 heterocycles. The Kier molecular flexibility index (Phi) is 37.9. The summed E-state index contributed by atoms with van der Waals surface area (Å²) >= 11 is 0. The number of carboxylic acids is 1. The zero-order chi connectivity index (χ0) is 49.4. The summed E-state index contributed by atoms with van der Waals surface area (Å²) in [5.41, 5.74) is -0.497. The largest absolute Gasteiger partial charge is 0.481 e. The number of aliphatic carboxylic acids is 1. The first kappa shape index (κ1) is 62.8. The van der Waals surface area contributed by atoms with Crippen LogP contribution in [0.2, 0.25) is 0 Å². The van der Waals surface area contributed by atoms with E-state index in [1.165, 1.54) is 109 Å². The van der Waals surface area contributed by atoms with E-state index in [2.05, 4.69) is 31.0 Å². The molecular formula is C56H106N2O9. The molecule has 1 amide bonds. The lowest BCUT2D eigenvalue weighted by atomic mass is 9.80. The van der Waals surface area contributed by atoms with Gasteiger partial charge in [0.1, 0.15) is 12.7 Å². The van der Waals surface area contributed by atoms with Crippen molar-refractivity contribution in [3.63, 3.8) is 0 Å². The molecule has 11 nitrogen and oxygen atoms in total. The van der Waals surface area contributed by atoms with E-state index in [0.717, 1.165) is 103 Å². The van der Waals surface area contributed by atoms with Crippen molar-refractivity contribution in [3.8, 4) is 0 Å². The molecule has 0 aromatic heterocycles. The molecule has 0 radical (unpaired) electrons. The van der Waals surface area contributed by atoms with Crippen molar-refractivity contribution >= 4 is 23.8 Å². The van der Waals surface area contributed by atoms with Crippen LogP contribution in [-0.2, 0) is 38.1 Å². The molecule has 0 aliphatic carbocycles. The summed E-state index contributed by atoms with van der Waals surface area (Å²) < 4.78 is 22.8. The SMILES string of the molecule is CCCCCCCCCCCOC(=O)CCCCCN(CCCCCC[C@@H](C(=O)O)C(CCCCCCCC)CCCCCCCC)CCOC(=O)CCNC(=O)C1OC(C)(C)OCC1(C)C. The van der Waals surface area contributed by atoms with Crippen LogP contribution in [0.15, 0.2) is 0 Å². The van der Waals surface area contributed by atoms with Gasteiger partial charge in [0, 0.05) is 24.9 Å². The van der Waals surface area contributed by atoms with Gasteiger partial charge in [-0.2, -0.15) is 0 Å². The summed E-state index contributed by atoms with van der Waals surface area (Å²) in [6, 6.07) is 0. The number of nitrogens with zero attached hydrogens (tertiary/aromatic N) is 1. The van der Waals surface area contributed by atoms with E-state index in [4.69, 9.17) is 18.9 Å². The third-order valence-electron chi connectivity index (χ3n) is 13.8. The first-order valence-electron chi connectivity index (χ1n) is 28.1. The lowest BCUT2D eigenvalue weighted by molar-refractivity contribution is -0.304. The van der Waals surface area contributed by atoms with E-state index in [1.807, 2.05) is 13.8 Å². The predicted octanol–water partition coefficient (Wildman–Crippen LogP) is 13.9. The Hall–Kier alpha value is -2.24. The average Bonchev–Trinajstić information content (AvgIpc) is 3.28. The molecule has 1 aliphatic rings. The number of carbonyl (C=O) groups excluding carboxylic acids is 3. The van der Waals surface area contributed by atoms with Crippen molar-refractivity contribution in [2.45, 2.75) is 272 Å². The molecule has 0 saturated carbocycles. The summed E-state index contributed by atoms with van der Waals surface area (Å²) in [6.45, 7) is 17.9. The lowest BCUT2D eigenvalue weighted by Gasteiger charge is -2.44. The van der Waals surface area contributed by atoms with Gasteiger partial charge in [0.25, 0.3) is 0 Å². The number of unbranched alkanes of at least 4 members (excludes halogenated alkanes) is 23. The van der Waals surface area contributed by atoms with Crippen LogP contribution >= 0.6 is 0 Å². The molecule has 0 aromatic carbocycles. The number of nitrogens with one attached hydrogen (secondary N) is 1. The van der Waals surface area contributed by atoms with Gasteiger partial charge in [-0.1, -0.05) is 189 Å². The van der Waals surface area contributed by atoms with Crippen LogP contribution in [0.5, 0.6) is 0 Å². The number of amides is 1. The normalized spacial score (nSPS) is 16.0. The smallest absolute Gasteiger partial charge is 0.307 e. The van der Waals surface area contributed by atoms with Gasteiger partial charge in [-0.15, -0.1) is 0 Å². The molecule has 0 bridgehead atoms. The Morgan fingerprint density at radius 3 is 1.55 bits per heavy atom. The fourth-order valence-corrected chi connectivity index (χ4v) is 9.38.